The largest absolute Gasteiger partial charge is 0.422 e. The molecule has 0 aliphatic rings. The monoisotopic (exact) mass is 482 g/mol. The number of halogens is 9. The van der Waals surface area contributed by atoms with Gasteiger partial charge in [-0.3, -0.25) is 0 Å². The number of alkyl halides is 9. The summed E-state index contributed by atoms with van der Waals surface area (Å²) < 4.78 is 142. The van der Waals surface area contributed by atoms with Gasteiger partial charge in [0.05, 0.1) is 45.1 Å². The zero-order valence-corrected chi connectivity index (χ0v) is 18.1. The first-order valence-electron chi connectivity index (χ1n) is 9.19. The van der Waals surface area contributed by atoms with Gasteiger partial charge in [-0.2, -0.15) is 26.3 Å². The summed E-state index contributed by atoms with van der Waals surface area (Å²) in [4.78, 5) is 0. The molecular weight excluding hydrogens is 453 g/mol. The molecule has 0 aromatic rings. The van der Waals surface area contributed by atoms with Crippen molar-refractivity contribution in [1.29, 1.82) is 0 Å². The lowest BCUT2D eigenvalue weighted by molar-refractivity contribution is -0.870. The molecule has 0 bridgehead atoms. The van der Waals surface area contributed by atoms with Gasteiger partial charge >= 0.3 is 12.4 Å². The highest BCUT2D eigenvalue weighted by molar-refractivity contribution is 7.91. The molecule has 0 aromatic heterocycles. The summed E-state index contributed by atoms with van der Waals surface area (Å²) in [6, 6.07) is 0. The highest BCUT2D eigenvalue weighted by Crippen LogP contribution is 2.46. The van der Waals surface area contributed by atoms with E-state index in [4.69, 9.17) is 0 Å². The van der Waals surface area contributed by atoms with E-state index < -0.39 is 70.5 Å². The van der Waals surface area contributed by atoms with Crippen molar-refractivity contribution in [2.24, 2.45) is 5.92 Å². The molecule has 0 aromatic carbocycles. The highest BCUT2D eigenvalue weighted by Gasteiger charge is 2.58. The van der Waals surface area contributed by atoms with Crippen LogP contribution in [0.15, 0.2) is 0 Å². The molecule has 0 aliphatic heterocycles. The molecule has 2 unspecified atom stereocenters. The van der Waals surface area contributed by atoms with Gasteiger partial charge in [-0.1, -0.05) is 0 Å². The second kappa shape index (κ2) is 9.83. The fourth-order valence-electron chi connectivity index (χ4n) is 2.66. The Hall–Kier alpha value is -0.720. The number of hydrogen-bond acceptors (Lipinski definition) is 2. The van der Waals surface area contributed by atoms with Crippen molar-refractivity contribution in [3.05, 3.63) is 0 Å². The lowest BCUT2D eigenvalue weighted by Crippen LogP contribution is -2.44. The third-order valence-corrected chi connectivity index (χ3v) is 6.28. The zero-order chi connectivity index (χ0) is 24.2. The van der Waals surface area contributed by atoms with E-state index in [1.807, 2.05) is 21.1 Å². The Bertz CT molecular complexity index is 635. The van der Waals surface area contributed by atoms with Gasteiger partial charge in [-0.25, -0.2) is 21.6 Å². The van der Waals surface area contributed by atoms with E-state index >= 15 is 0 Å². The average molecular weight is 482 g/mol. The van der Waals surface area contributed by atoms with Crippen molar-refractivity contribution < 1.29 is 52.4 Å². The highest BCUT2D eigenvalue weighted by atomic mass is 32.2. The number of sulfone groups is 1. The fraction of sp³-hybridized carbons (Fsp3) is 1.00. The molecule has 0 N–H and O–H groups in total. The quantitative estimate of drug-likeness (QED) is 0.219. The van der Waals surface area contributed by atoms with Gasteiger partial charge in [0.15, 0.2) is 9.84 Å². The summed E-state index contributed by atoms with van der Waals surface area (Å²) >= 11 is 0. The van der Waals surface area contributed by atoms with Crippen LogP contribution in [0.2, 0.25) is 0 Å². The molecule has 30 heavy (non-hydrogen) atoms. The van der Waals surface area contributed by atoms with E-state index in [9.17, 15) is 47.9 Å². The van der Waals surface area contributed by atoms with Crippen molar-refractivity contribution in [3.63, 3.8) is 0 Å². The van der Waals surface area contributed by atoms with Gasteiger partial charge in [-0.15, -0.1) is 0 Å². The zero-order valence-electron chi connectivity index (χ0n) is 17.3. The molecule has 0 rings (SSSR count). The Morgan fingerprint density at radius 3 is 1.70 bits per heavy atom. The molecule has 3 nitrogen and oxygen atoms in total. The molecule has 0 saturated carbocycles. The van der Waals surface area contributed by atoms with E-state index in [1.54, 1.807) is 0 Å². The molecule has 0 saturated heterocycles. The first-order valence-corrected chi connectivity index (χ1v) is 11.0. The summed E-state index contributed by atoms with van der Waals surface area (Å²) in [6.07, 6.45) is -16.3. The number of nitrogens with zero attached hydrogens (tertiary/aromatic N) is 1. The fourth-order valence-corrected chi connectivity index (χ4v) is 4.12. The third-order valence-electron chi connectivity index (χ3n) is 4.54. The molecule has 0 spiro atoms. The lowest BCUT2D eigenvalue weighted by atomic mass is 9.87. The lowest BCUT2D eigenvalue weighted by Gasteiger charge is -2.31. The average Bonchev–Trinajstić information content (AvgIpc) is 2.46. The first-order chi connectivity index (χ1) is 13.0. The van der Waals surface area contributed by atoms with Crippen LogP contribution in [0, 0.1) is 5.92 Å². The molecule has 0 radical (unpaired) electrons. The Morgan fingerprint density at radius 1 is 0.800 bits per heavy atom. The van der Waals surface area contributed by atoms with Crippen LogP contribution in [0.1, 0.15) is 39.0 Å². The summed E-state index contributed by atoms with van der Waals surface area (Å²) in [6.45, 7) is 0.477. The maximum atomic E-state index is 14.0. The van der Waals surface area contributed by atoms with Crippen molar-refractivity contribution in [1.82, 2.24) is 0 Å². The van der Waals surface area contributed by atoms with E-state index in [1.165, 1.54) is 0 Å². The minimum atomic E-state index is -5.67. The van der Waals surface area contributed by atoms with Crippen LogP contribution in [0.3, 0.4) is 0 Å². The number of hydrogen-bond donors (Lipinski definition) is 0. The van der Waals surface area contributed by atoms with Gasteiger partial charge in [0.1, 0.15) is 0 Å². The van der Waals surface area contributed by atoms with E-state index in [0.29, 0.717) is 17.4 Å². The van der Waals surface area contributed by atoms with Gasteiger partial charge in [0.2, 0.25) is 11.6 Å². The summed E-state index contributed by atoms with van der Waals surface area (Å²) in [5.41, 5.74) is -4.32. The molecule has 13 heteroatoms. The van der Waals surface area contributed by atoms with Crippen LogP contribution in [0.5, 0.6) is 0 Å². The van der Waals surface area contributed by atoms with E-state index in [2.05, 4.69) is 0 Å². The number of unbranched alkanes of at least 4 members (excludes halogenated alkanes) is 1. The minimum absolute atomic E-state index is 0.148. The Balaban J connectivity index is 4.99. The van der Waals surface area contributed by atoms with Crippen LogP contribution in [-0.2, 0) is 9.84 Å². The normalized spacial score (nSPS) is 17.6. The van der Waals surface area contributed by atoms with Gasteiger partial charge in [0, 0.05) is 19.3 Å². The molecule has 182 valence electrons. The predicted molar refractivity (Wildman–Crippen MR) is 94.7 cm³/mol. The van der Waals surface area contributed by atoms with Crippen molar-refractivity contribution >= 4 is 9.84 Å². The summed E-state index contributed by atoms with van der Waals surface area (Å²) in [7, 11) is 1.62. The number of quaternary nitrogens is 1. The maximum Gasteiger partial charge on any atom is 0.422 e. The van der Waals surface area contributed by atoms with E-state index in [-0.39, 0.29) is 13.3 Å². The summed E-state index contributed by atoms with van der Waals surface area (Å²) in [5, 5.41) is 0. The number of rotatable bonds is 12. The topological polar surface area (TPSA) is 34.1 Å². The molecule has 2 atom stereocenters. The van der Waals surface area contributed by atoms with Crippen LogP contribution in [0.4, 0.5) is 39.5 Å². The van der Waals surface area contributed by atoms with Crippen molar-refractivity contribution in [2.75, 3.05) is 39.2 Å². The Kier molecular flexibility index (Phi) is 9.59. The third kappa shape index (κ3) is 11.6. The first kappa shape index (κ1) is 29.3. The minimum Gasteiger partial charge on any atom is -0.331 e. The van der Waals surface area contributed by atoms with Crippen LogP contribution >= 0.6 is 0 Å². The van der Waals surface area contributed by atoms with Gasteiger partial charge < -0.3 is 4.48 Å². The standard InChI is InChI=1S/C17H29F9NO2S/c1-14(18,17(24,25)26)11-13(16(21,22)23)12-15(19,20)7-10-30(28,29)9-6-5-8-27(2,3)4/h13H,5-12H2,1-4H3/q+1. The second-order valence-corrected chi connectivity index (χ2v) is 11.1. The Labute approximate surface area is 171 Å². The predicted octanol–water partition coefficient (Wildman–Crippen LogP) is 5.16. The Morgan fingerprint density at radius 2 is 1.30 bits per heavy atom. The van der Waals surface area contributed by atoms with Crippen LogP contribution in [-0.4, -0.2) is 76.0 Å². The summed E-state index contributed by atoms with van der Waals surface area (Å²) in [5.74, 6) is -9.04. The maximum absolute atomic E-state index is 14.0. The molecule has 0 amide bonds. The van der Waals surface area contributed by atoms with Crippen molar-refractivity contribution in [3.8, 4) is 0 Å². The van der Waals surface area contributed by atoms with Gasteiger partial charge in [0.25, 0.3) is 0 Å². The smallest absolute Gasteiger partial charge is 0.331 e. The second-order valence-electron chi connectivity index (χ2n) is 8.82. The molecular formula is C17H29F9NO2S+. The van der Waals surface area contributed by atoms with E-state index in [0.717, 1.165) is 0 Å². The van der Waals surface area contributed by atoms with Gasteiger partial charge in [-0.05, 0) is 19.8 Å². The van der Waals surface area contributed by atoms with Crippen molar-refractivity contribution in [2.45, 2.75) is 63.0 Å². The SMILES string of the molecule is CC(F)(CC(CC(F)(F)CCS(=O)(=O)CCCC[N+](C)(C)C)C(F)(F)F)C(F)(F)F. The molecule has 0 fully saturated rings. The van der Waals surface area contributed by atoms with Crippen LogP contribution < -0.4 is 0 Å². The van der Waals surface area contributed by atoms with Crippen LogP contribution in [0.25, 0.3) is 0 Å². The molecule has 0 aliphatic carbocycles. The molecule has 0 heterocycles.